The van der Waals surface area contributed by atoms with Crippen molar-refractivity contribution in [2.75, 3.05) is 28.2 Å². The maximum Gasteiger partial charge on any atom is 0.192 e. The maximum absolute atomic E-state index is 7.25. The summed E-state index contributed by atoms with van der Waals surface area (Å²) in [5.74, 6) is 0.519. The van der Waals surface area contributed by atoms with Gasteiger partial charge in [0.2, 0.25) is 0 Å². The fraction of sp³-hybridized carbons (Fsp3) is 0.800. The summed E-state index contributed by atoms with van der Waals surface area (Å²) in [6, 6.07) is 0. The topological polar surface area (TPSA) is 66.4 Å². The molecule has 0 aliphatic carbocycles. The van der Waals surface area contributed by atoms with Crippen LogP contribution in [0.5, 0.6) is 0 Å². The Bertz CT molecular complexity index is 138. The highest BCUT2D eigenvalue weighted by molar-refractivity contribution is 7.65. The molecule has 1 saturated heterocycles. The van der Waals surface area contributed by atoms with E-state index in [1.165, 1.54) is 0 Å². The molecule has 1 rings (SSSR count). The minimum absolute atomic E-state index is 0.519. The number of hydrogen-bond donors (Lipinski definition) is 4. The molecule has 0 saturated carbocycles. The van der Waals surface area contributed by atoms with Crippen LogP contribution in [0.2, 0.25) is 0 Å². The molecular formula is C5H19N6P3. The van der Waals surface area contributed by atoms with Gasteiger partial charge in [0.1, 0.15) is 0 Å². The molecule has 1 heterocycles. The van der Waals surface area contributed by atoms with Gasteiger partial charge >= 0.3 is 0 Å². The van der Waals surface area contributed by atoms with Crippen LogP contribution >= 0.6 is 26.6 Å². The second-order valence-corrected chi connectivity index (χ2v) is 6.61. The van der Waals surface area contributed by atoms with E-state index in [1.54, 1.807) is 9.80 Å². The summed E-state index contributed by atoms with van der Waals surface area (Å²) in [5.41, 5.74) is 0. The molecule has 0 atom stereocenters. The molecule has 6 nitrogen and oxygen atoms in total. The third-order valence-corrected chi connectivity index (χ3v) is 4.22. The molecular weight excluding hydrogens is 237 g/mol. The van der Waals surface area contributed by atoms with Crippen molar-refractivity contribution in [1.82, 2.24) is 24.4 Å². The summed E-state index contributed by atoms with van der Waals surface area (Å²) in [4.78, 5) is 12.9. The van der Waals surface area contributed by atoms with Gasteiger partial charge in [0.25, 0.3) is 0 Å². The van der Waals surface area contributed by atoms with Crippen LogP contribution in [-0.4, -0.2) is 44.0 Å². The summed E-state index contributed by atoms with van der Waals surface area (Å²) in [5, 5.41) is 7.25. The first-order valence-corrected chi connectivity index (χ1v) is 6.99. The SMILES string of the molecule is CN(C)C(=N)N(C)C.N1PNPNP1. The lowest BCUT2D eigenvalue weighted by molar-refractivity contribution is 0.478. The number of hydrogen-bond acceptors (Lipinski definition) is 4. The van der Waals surface area contributed by atoms with E-state index in [4.69, 9.17) is 5.41 Å². The normalized spacial score (nSPS) is 20.3. The first kappa shape index (κ1) is 14.4. The highest BCUT2D eigenvalue weighted by Crippen LogP contribution is 2.23. The molecule has 0 aromatic carbocycles. The van der Waals surface area contributed by atoms with E-state index in [-0.39, 0.29) is 0 Å². The van der Waals surface area contributed by atoms with Crippen LogP contribution in [-0.2, 0) is 0 Å². The van der Waals surface area contributed by atoms with E-state index in [9.17, 15) is 0 Å². The van der Waals surface area contributed by atoms with Gasteiger partial charge in [0.05, 0.1) is 0 Å². The smallest absolute Gasteiger partial charge is 0.192 e. The van der Waals surface area contributed by atoms with Gasteiger partial charge in [-0.25, -0.2) is 0 Å². The van der Waals surface area contributed by atoms with E-state index < -0.39 is 0 Å². The first-order valence-electron chi connectivity index (χ1n) is 3.99. The van der Waals surface area contributed by atoms with Crippen LogP contribution in [0.1, 0.15) is 0 Å². The van der Waals surface area contributed by atoms with Gasteiger partial charge in [-0.1, -0.05) is 0 Å². The minimum atomic E-state index is 0.519. The third-order valence-electron chi connectivity index (χ3n) is 1.22. The average molecular weight is 256 g/mol. The Hall–Kier alpha value is 0.440. The van der Waals surface area contributed by atoms with Crippen LogP contribution < -0.4 is 14.6 Å². The summed E-state index contributed by atoms with van der Waals surface area (Å²) in [6.45, 7) is 0. The second-order valence-electron chi connectivity index (χ2n) is 2.86. The number of guanidine groups is 1. The molecule has 1 aliphatic rings. The third kappa shape index (κ3) is 7.81. The standard InChI is InChI=1S/C5H13N3.H6N3P3/c1-7(2)5(6)8(3)4;1-4-2-6-3-5-1/h6H,1-4H3;1-6H. The van der Waals surface area contributed by atoms with Crippen molar-refractivity contribution in [2.24, 2.45) is 0 Å². The van der Waals surface area contributed by atoms with Crippen LogP contribution in [0.4, 0.5) is 0 Å². The van der Waals surface area contributed by atoms with Crippen LogP contribution in [0.3, 0.4) is 0 Å². The molecule has 84 valence electrons. The van der Waals surface area contributed by atoms with Crippen LogP contribution in [0.15, 0.2) is 0 Å². The predicted octanol–water partition coefficient (Wildman–Crippen LogP) is 0.339. The van der Waals surface area contributed by atoms with E-state index in [0.717, 1.165) is 26.6 Å². The molecule has 0 unspecified atom stereocenters. The Balaban J connectivity index is 0.000000249. The molecule has 0 amide bonds. The van der Waals surface area contributed by atoms with Crippen molar-refractivity contribution in [3.8, 4) is 0 Å². The first-order chi connectivity index (χ1) is 6.55. The molecule has 14 heavy (non-hydrogen) atoms. The number of nitrogens with one attached hydrogen (secondary N) is 4. The highest BCUT2D eigenvalue weighted by atomic mass is 31.2. The van der Waals surface area contributed by atoms with Crippen molar-refractivity contribution in [3.63, 3.8) is 0 Å². The minimum Gasteiger partial charge on any atom is -0.349 e. The van der Waals surface area contributed by atoms with Crippen molar-refractivity contribution in [1.29, 1.82) is 5.41 Å². The van der Waals surface area contributed by atoms with E-state index in [0.29, 0.717) is 5.96 Å². The highest BCUT2D eigenvalue weighted by Gasteiger charge is 1.97. The molecule has 0 aromatic heterocycles. The Kier molecular flexibility index (Phi) is 9.00. The van der Waals surface area contributed by atoms with Gasteiger partial charge < -0.3 is 9.80 Å². The van der Waals surface area contributed by atoms with Gasteiger partial charge in [-0.3, -0.25) is 20.0 Å². The lowest BCUT2D eigenvalue weighted by atomic mass is 10.7. The van der Waals surface area contributed by atoms with Crippen molar-refractivity contribution in [3.05, 3.63) is 0 Å². The summed E-state index contributed by atoms with van der Waals surface area (Å²) >= 11 is 0. The maximum atomic E-state index is 7.25. The molecule has 0 bridgehead atoms. The Morgan fingerprint density at radius 2 is 1.14 bits per heavy atom. The number of nitrogens with zero attached hydrogens (tertiary/aromatic N) is 2. The summed E-state index contributed by atoms with van der Waals surface area (Å²) in [6.07, 6.45) is 0. The summed E-state index contributed by atoms with van der Waals surface area (Å²) < 4.78 is 0. The monoisotopic (exact) mass is 256 g/mol. The zero-order chi connectivity index (χ0) is 11.0. The average Bonchev–Trinajstić information content (AvgIpc) is 2.20. The van der Waals surface area contributed by atoms with Crippen molar-refractivity contribution < 1.29 is 0 Å². The van der Waals surface area contributed by atoms with E-state index in [2.05, 4.69) is 14.6 Å². The quantitative estimate of drug-likeness (QED) is 0.286. The van der Waals surface area contributed by atoms with Gasteiger partial charge in [0.15, 0.2) is 5.96 Å². The Morgan fingerprint density at radius 1 is 0.857 bits per heavy atom. The molecule has 0 radical (unpaired) electrons. The fourth-order valence-electron chi connectivity index (χ4n) is 0.587. The number of rotatable bonds is 0. The van der Waals surface area contributed by atoms with Gasteiger partial charge in [-0.05, 0) is 0 Å². The van der Waals surface area contributed by atoms with Gasteiger partial charge in [0, 0.05) is 54.8 Å². The molecule has 0 spiro atoms. The predicted molar refractivity (Wildman–Crippen MR) is 69.5 cm³/mol. The summed E-state index contributed by atoms with van der Waals surface area (Å²) in [7, 11) is 9.69. The van der Waals surface area contributed by atoms with E-state index >= 15 is 0 Å². The Morgan fingerprint density at radius 3 is 1.21 bits per heavy atom. The van der Waals surface area contributed by atoms with Gasteiger partial charge in [-0.2, -0.15) is 0 Å². The Labute approximate surface area is 91.1 Å². The van der Waals surface area contributed by atoms with E-state index in [1.807, 2.05) is 28.2 Å². The largest absolute Gasteiger partial charge is 0.349 e. The second kappa shape index (κ2) is 8.72. The van der Waals surface area contributed by atoms with Crippen LogP contribution in [0.25, 0.3) is 0 Å². The molecule has 1 fully saturated rings. The fourth-order valence-corrected chi connectivity index (χ4v) is 3.77. The molecule has 0 aromatic rings. The van der Waals surface area contributed by atoms with Gasteiger partial charge in [-0.15, -0.1) is 0 Å². The molecule has 9 heteroatoms. The molecule has 4 N–H and O–H groups in total. The lowest BCUT2D eigenvalue weighted by Crippen LogP contribution is -2.34. The van der Waals surface area contributed by atoms with Crippen molar-refractivity contribution >= 4 is 32.6 Å². The van der Waals surface area contributed by atoms with Crippen LogP contribution in [0, 0.1) is 5.41 Å². The van der Waals surface area contributed by atoms with Crippen molar-refractivity contribution in [2.45, 2.75) is 0 Å². The lowest BCUT2D eigenvalue weighted by Gasteiger charge is -2.19. The molecule has 1 aliphatic heterocycles. The zero-order valence-electron chi connectivity index (χ0n) is 8.89. The zero-order valence-corrected chi connectivity index (χ0v) is 11.9.